The van der Waals surface area contributed by atoms with Gasteiger partial charge >= 0.3 is 5.97 Å². The van der Waals surface area contributed by atoms with Crippen LogP contribution in [0.5, 0.6) is 0 Å². The molecule has 2 aromatic carbocycles. The fourth-order valence-corrected chi connectivity index (χ4v) is 3.06. The zero-order valence-electron chi connectivity index (χ0n) is 14.5. The Balaban J connectivity index is 1.72. The Kier molecular flexibility index (Phi) is 5.29. The summed E-state index contributed by atoms with van der Waals surface area (Å²) in [7, 11) is -3.43. The third kappa shape index (κ3) is 4.53. The van der Waals surface area contributed by atoms with Gasteiger partial charge in [0.25, 0.3) is 5.89 Å². The maximum atomic E-state index is 12.3. The average molecular weight is 407 g/mol. The van der Waals surface area contributed by atoms with Crippen LogP contribution in [0.25, 0.3) is 11.4 Å². The standard InChI is InChI=1S/C18H15ClN2O5S/c1-11-3-8-14(27(2,23)24)9-15(11)18(22)25-10-16-20-17(21-26-16)12-4-6-13(19)7-5-12/h3-9H,10H2,1-2H3. The van der Waals surface area contributed by atoms with Gasteiger partial charge in [0.15, 0.2) is 16.4 Å². The van der Waals surface area contributed by atoms with E-state index in [-0.39, 0.29) is 23.0 Å². The lowest BCUT2D eigenvalue weighted by atomic mass is 10.1. The first-order valence-electron chi connectivity index (χ1n) is 7.80. The molecule has 3 rings (SSSR count). The predicted molar refractivity (Wildman–Crippen MR) is 98.2 cm³/mol. The number of hydrogen-bond acceptors (Lipinski definition) is 7. The van der Waals surface area contributed by atoms with Crippen LogP contribution < -0.4 is 0 Å². The number of ether oxygens (including phenoxy) is 1. The minimum absolute atomic E-state index is 0.0443. The highest BCUT2D eigenvalue weighted by molar-refractivity contribution is 7.90. The van der Waals surface area contributed by atoms with Crippen LogP contribution in [0.1, 0.15) is 21.8 Å². The number of aromatic nitrogens is 2. The second-order valence-corrected chi connectivity index (χ2v) is 8.30. The van der Waals surface area contributed by atoms with Crippen molar-refractivity contribution in [1.29, 1.82) is 0 Å². The van der Waals surface area contributed by atoms with Crippen LogP contribution >= 0.6 is 11.6 Å². The van der Waals surface area contributed by atoms with Crippen LogP contribution in [-0.4, -0.2) is 30.8 Å². The molecule has 7 nitrogen and oxygen atoms in total. The maximum Gasteiger partial charge on any atom is 0.338 e. The van der Waals surface area contributed by atoms with Crippen molar-refractivity contribution in [3.05, 3.63) is 64.5 Å². The molecule has 0 N–H and O–H groups in total. The van der Waals surface area contributed by atoms with Crippen molar-refractivity contribution < 1.29 is 22.5 Å². The highest BCUT2D eigenvalue weighted by Crippen LogP contribution is 2.20. The fourth-order valence-electron chi connectivity index (χ4n) is 2.29. The lowest BCUT2D eigenvalue weighted by Crippen LogP contribution is -2.09. The van der Waals surface area contributed by atoms with Crippen LogP contribution in [-0.2, 0) is 21.2 Å². The third-order valence-electron chi connectivity index (χ3n) is 3.75. The Morgan fingerprint density at radius 1 is 1.19 bits per heavy atom. The number of carbonyl (C=O) groups is 1. The third-order valence-corrected chi connectivity index (χ3v) is 5.12. The molecule has 0 aliphatic heterocycles. The summed E-state index contributed by atoms with van der Waals surface area (Å²) in [4.78, 5) is 16.5. The Labute approximate surface area is 160 Å². The molecule has 1 heterocycles. The molecule has 0 atom stereocenters. The van der Waals surface area contributed by atoms with Crippen molar-refractivity contribution in [2.45, 2.75) is 18.4 Å². The average Bonchev–Trinajstić information content (AvgIpc) is 3.08. The molecule has 0 unspecified atom stereocenters. The van der Waals surface area contributed by atoms with E-state index in [2.05, 4.69) is 10.1 Å². The second-order valence-electron chi connectivity index (χ2n) is 5.84. The molecule has 1 aromatic heterocycles. The molecule has 0 saturated heterocycles. The molecular formula is C18H15ClN2O5S. The number of aryl methyl sites for hydroxylation is 1. The van der Waals surface area contributed by atoms with Gasteiger partial charge in [-0.15, -0.1) is 0 Å². The van der Waals surface area contributed by atoms with Crippen molar-refractivity contribution in [3.8, 4) is 11.4 Å². The van der Waals surface area contributed by atoms with Gasteiger partial charge in [-0.25, -0.2) is 13.2 Å². The zero-order chi connectivity index (χ0) is 19.6. The van der Waals surface area contributed by atoms with Crippen LogP contribution in [0.4, 0.5) is 0 Å². The summed E-state index contributed by atoms with van der Waals surface area (Å²) in [6.45, 7) is 1.45. The monoisotopic (exact) mass is 406 g/mol. The highest BCUT2D eigenvalue weighted by atomic mass is 35.5. The van der Waals surface area contributed by atoms with Gasteiger partial charge in [-0.2, -0.15) is 4.98 Å². The largest absolute Gasteiger partial charge is 0.452 e. The number of carbonyl (C=O) groups excluding carboxylic acids is 1. The van der Waals surface area contributed by atoms with Crippen molar-refractivity contribution in [1.82, 2.24) is 10.1 Å². The summed E-state index contributed by atoms with van der Waals surface area (Å²) >= 11 is 5.84. The second kappa shape index (κ2) is 7.50. The van der Waals surface area contributed by atoms with E-state index in [9.17, 15) is 13.2 Å². The van der Waals surface area contributed by atoms with Gasteiger partial charge in [-0.05, 0) is 48.9 Å². The number of sulfone groups is 1. The molecule has 0 saturated carbocycles. The normalized spacial score (nSPS) is 11.4. The minimum atomic E-state index is -3.43. The van der Waals surface area contributed by atoms with Crippen molar-refractivity contribution in [2.75, 3.05) is 6.26 Å². The van der Waals surface area contributed by atoms with Gasteiger partial charge in [0.05, 0.1) is 10.5 Å². The minimum Gasteiger partial charge on any atom is -0.452 e. The van der Waals surface area contributed by atoms with Crippen LogP contribution in [0.3, 0.4) is 0 Å². The van der Waals surface area contributed by atoms with Crippen LogP contribution in [0.15, 0.2) is 51.9 Å². The summed E-state index contributed by atoms with van der Waals surface area (Å²) in [5.74, 6) is -0.220. The van der Waals surface area contributed by atoms with E-state index in [0.717, 1.165) is 6.26 Å². The predicted octanol–water partition coefficient (Wildman–Crippen LogP) is 3.46. The molecule has 27 heavy (non-hydrogen) atoms. The van der Waals surface area contributed by atoms with E-state index in [1.165, 1.54) is 12.1 Å². The maximum absolute atomic E-state index is 12.3. The molecule has 0 spiro atoms. The van der Waals surface area contributed by atoms with Crippen LogP contribution in [0, 0.1) is 6.92 Å². The Hall–Kier alpha value is -2.71. The first-order chi connectivity index (χ1) is 12.7. The first kappa shape index (κ1) is 19.1. The van der Waals surface area contributed by atoms with Crippen LogP contribution in [0.2, 0.25) is 5.02 Å². The van der Waals surface area contributed by atoms with Gasteiger partial charge in [0.1, 0.15) is 0 Å². The van der Waals surface area contributed by atoms with E-state index in [0.29, 0.717) is 22.0 Å². The molecule has 140 valence electrons. The Morgan fingerprint density at radius 3 is 2.56 bits per heavy atom. The van der Waals surface area contributed by atoms with Gasteiger partial charge in [0.2, 0.25) is 5.82 Å². The smallest absolute Gasteiger partial charge is 0.338 e. The molecule has 0 radical (unpaired) electrons. The Morgan fingerprint density at radius 2 is 1.89 bits per heavy atom. The number of hydrogen-bond donors (Lipinski definition) is 0. The number of benzene rings is 2. The van der Waals surface area contributed by atoms with Crippen molar-refractivity contribution in [3.63, 3.8) is 0 Å². The van der Waals surface area contributed by atoms with E-state index in [1.807, 2.05) is 0 Å². The molecular weight excluding hydrogens is 392 g/mol. The van der Waals surface area contributed by atoms with E-state index < -0.39 is 15.8 Å². The van der Waals surface area contributed by atoms with E-state index in [1.54, 1.807) is 37.3 Å². The summed E-state index contributed by atoms with van der Waals surface area (Å²) < 4.78 is 33.6. The van der Waals surface area contributed by atoms with Crippen molar-refractivity contribution in [2.24, 2.45) is 0 Å². The summed E-state index contributed by atoms with van der Waals surface area (Å²) in [6, 6.07) is 11.2. The molecule has 9 heteroatoms. The summed E-state index contributed by atoms with van der Waals surface area (Å²) in [5.41, 5.74) is 1.47. The SMILES string of the molecule is Cc1ccc(S(C)(=O)=O)cc1C(=O)OCc1nc(-c2ccc(Cl)cc2)no1. The van der Waals surface area contributed by atoms with E-state index >= 15 is 0 Å². The lowest BCUT2D eigenvalue weighted by molar-refractivity contribution is 0.0428. The number of rotatable bonds is 5. The molecule has 0 aliphatic carbocycles. The lowest BCUT2D eigenvalue weighted by Gasteiger charge is -2.07. The van der Waals surface area contributed by atoms with Gasteiger partial charge < -0.3 is 9.26 Å². The fraction of sp³-hybridized carbons (Fsp3) is 0.167. The van der Waals surface area contributed by atoms with E-state index in [4.69, 9.17) is 20.9 Å². The molecule has 0 bridgehead atoms. The molecule has 0 amide bonds. The summed E-state index contributed by atoms with van der Waals surface area (Å²) in [5, 5.41) is 4.42. The quantitative estimate of drug-likeness (QED) is 0.598. The molecule has 0 fully saturated rings. The van der Waals surface area contributed by atoms with Crippen molar-refractivity contribution >= 4 is 27.4 Å². The van der Waals surface area contributed by atoms with Gasteiger partial charge in [0, 0.05) is 16.8 Å². The van der Waals surface area contributed by atoms with Gasteiger partial charge in [-0.1, -0.05) is 22.8 Å². The highest BCUT2D eigenvalue weighted by Gasteiger charge is 2.17. The summed E-state index contributed by atoms with van der Waals surface area (Å²) in [6.07, 6.45) is 1.07. The molecule has 0 aliphatic rings. The Bertz CT molecular complexity index is 1090. The molecule has 3 aromatic rings. The number of nitrogens with zero attached hydrogens (tertiary/aromatic N) is 2. The number of halogens is 1. The number of esters is 1. The topological polar surface area (TPSA) is 99.4 Å². The zero-order valence-corrected chi connectivity index (χ0v) is 16.0. The first-order valence-corrected chi connectivity index (χ1v) is 10.1. The van der Waals surface area contributed by atoms with Gasteiger partial charge in [-0.3, -0.25) is 0 Å².